The van der Waals surface area contributed by atoms with Crippen LogP contribution >= 0.6 is 24.0 Å². The molecule has 3 heterocycles. The zero-order valence-electron chi connectivity index (χ0n) is 17.4. The first-order valence-corrected chi connectivity index (χ1v) is 10.2. The Kier molecular flexibility index (Phi) is 7.89. The normalized spacial score (nSPS) is 19.4. The molecular formula is C22H29IN6O. The van der Waals surface area contributed by atoms with Gasteiger partial charge in [0.05, 0.1) is 6.26 Å². The van der Waals surface area contributed by atoms with E-state index in [0.29, 0.717) is 23.4 Å². The van der Waals surface area contributed by atoms with Crippen LogP contribution in [0, 0.1) is 5.92 Å². The van der Waals surface area contributed by atoms with Crippen LogP contribution in [0.2, 0.25) is 0 Å². The van der Waals surface area contributed by atoms with Crippen molar-refractivity contribution in [3.8, 4) is 11.6 Å². The van der Waals surface area contributed by atoms with E-state index in [0.717, 1.165) is 44.3 Å². The van der Waals surface area contributed by atoms with E-state index in [-0.39, 0.29) is 24.0 Å². The monoisotopic (exact) mass is 520 g/mol. The van der Waals surface area contributed by atoms with E-state index in [1.165, 1.54) is 5.56 Å². The van der Waals surface area contributed by atoms with Gasteiger partial charge < -0.3 is 14.6 Å². The van der Waals surface area contributed by atoms with E-state index < -0.39 is 0 Å². The molecule has 0 radical (unpaired) electrons. The lowest BCUT2D eigenvalue weighted by Gasteiger charge is -2.38. The summed E-state index contributed by atoms with van der Waals surface area (Å²) >= 11 is 0. The zero-order chi connectivity index (χ0) is 20.1. The van der Waals surface area contributed by atoms with Crippen molar-refractivity contribution in [2.75, 3.05) is 26.7 Å². The predicted octanol–water partition coefficient (Wildman–Crippen LogP) is 3.93. The Labute approximate surface area is 194 Å². The van der Waals surface area contributed by atoms with Gasteiger partial charge in [0, 0.05) is 33.1 Å². The highest BCUT2D eigenvalue weighted by molar-refractivity contribution is 14.0. The second-order valence-corrected chi connectivity index (χ2v) is 7.54. The number of H-pyrrole nitrogens is 1. The van der Waals surface area contributed by atoms with E-state index in [2.05, 4.69) is 67.6 Å². The first-order valence-electron chi connectivity index (χ1n) is 10.2. The molecule has 2 atom stereocenters. The second kappa shape index (κ2) is 10.6. The molecule has 1 aliphatic heterocycles. The Balaban J connectivity index is 0.00000256. The number of benzene rings is 1. The lowest BCUT2D eigenvalue weighted by molar-refractivity contribution is 0.234. The molecule has 2 aromatic heterocycles. The molecule has 30 heavy (non-hydrogen) atoms. The van der Waals surface area contributed by atoms with Gasteiger partial charge in [0.15, 0.2) is 11.7 Å². The molecular weight excluding hydrogens is 491 g/mol. The van der Waals surface area contributed by atoms with Gasteiger partial charge in [-0.05, 0) is 36.0 Å². The molecule has 2 N–H and O–H groups in total. The minimum absolute atomic E-state index is 0. The summed E-state index contributed by atoms with van der Waals surface area (Å²) in [4.78, 5) is 11.3. The van der Waals surface area contributed by atoms with Crippen LogP contribution in [0.15, 0.2) is 58.1 Å². The highest BCUT2D eigenvalue weighted by Gasteiger charge is 2.28. The third-order valence-electron chi connectivity index (χ3n) is 5.56. The molecule has 2 unspecified atom stereocenters. The number of guanidine groups is 1. The van der Waals surface area contributed by atoms with Gasteiger partial charge in [0.2, 0.25) is 5.82 Å². The quantitative estimate of drug-likeness (QED) is 0.303. The molecule has 7 nitrogen and oxygen atoms in total. The van der Waals surface area contributed by atoms with Crippen molar-refractivity contribution in [3.63, 3.8) is 0 Å². The van der Waals surface area contributed by atoms with Gasteiger partial charge in [0.25, 0.3) is 0 Å². The summed E-state index contributed by atoms with van der Waals surface area (Å²) in [6.07, 6.45) is 3.50. The molecule has 1 saturated heterocycles. The van der Waals surface area contributed by atoms with E-state index in [4.69, 9.17) is 4.42 Å². The number of piperidine rings is 1. The highest BCUT2D eigenvalue weighted by atomic mass is 127. The van der Waals surface area contributed by atoms with E-state index in [1.807, 2.05) is 19.2 Å². The average molecular weight is 520 g/mol. The molecule has 0 aliphatic carbocycles. The number of aromatic amines is 1. The molecule has 0 bridgehead atoms. The number of aromatic nitrogens is 3. The van der Waals surface area contributed by atoms with Crippen molar-refractivity contribution < 1.29 is 4.42 Å². The molecule has 0 amide bonds. The summed E-state index contributed by atoms with van der Waals surface area (Å²) in [6, 6.07) is 14.5. The van der Waals surface area contributed by atoms with Gasteiger partial charge in [-0.15, -0.1) is 24.0 Å². The summed E-state index contributed by atoms with van der Waals surface area (Å²) < 4.78 is 5.34. The van der Waals surface area contributed by atoms with Gasteiger partial charge in [-0.3, -0.25) is 10.1 Å². The first kappa shape index (κ1) is 22.3. The van der Waals surface area contributed by atoms with Crippen molar-refractivity contribution in [3.05, 3.63) is 60.1 Å². The summed E-state index contributed by atoms with van der Waals surface area (Å²) in [7, 11) is 1.85. The summed E-state index contributed by atoms with van der Waals surface area (Å²) in [5, 5.41) is 10.7. The highest BCUT2D eigenvalue weighted by Crippen LogP contribution is 2.32. The van der Waals surface area contributed by atoms with Crippen LogP contribution in [0.4, 0.5) is 0 Å². The smallest absolute Gasteiger partial charge is 0.216 e. The fraction of sp³-hybridized carbons (Fsp3) is 0.409. The summed E-state index contributed by atoms with van der Waals surface area (Å²) in [5.41, 5.74) is 1.44. The molecule has 160 valence electrons. The Bertz CT molecular complexity index is 924. The zero-order valence-corrected chi connectivity index (χ0v) is 19.7. The number of rotatable bonds is 5. The number of nitrogens with zero attached hydrogens (tertiary/aromatic N) is 4. The molecule has 8 heteroatoms. The molecule has 1 aliphatic rings. The van der Waals surface area contributed by atoms with Crippen molar-refractivity contribution in [1.82, 2.24) is 25.4 Å². The van der Waals surface area contributed by atoms with Crippen molar-refractivity contribution in [2.24, 2.45) is 10.9 Å². The summed E-state index contributed by atoms with van der Waals surface area (Å²) in [5.74, 6) is 4.23. The Hall–Kier alpha value is -2.36. The van der Waals surface area contributed by atoms with E-state index in [9.17, 15) is 0 Å². The second-order valence-electron chi connectivity index (χ2n) is 7.54. The topological polar surface area (TPSA) is 82.3 Å². The number of furan rings is 1. The van der Waals surface area contributed by atoms with Gasteiger partial charge >= 0.3 is 0 Å². The molecule has 0 saturated carbocycles. The number of halogens is 1. The Morgan fingerprint density at radius 2 is 2.10 bits per heavy atom. The Morgan fingerprint density at radius 1 is 1.27 bits per heavy atom. The number of likely N-dealkylation sites (tertiary alicyclic amines) is 1. The van der Waals surface area contributed by atoms with Crippen LogP contribution < -0.4 is 5.32 Å². The standard InChI is InChI=1S/C22H28N6O.HI/c1-16-15-28(13-11-18(16)17-7-4-3-5-8-17)22(23-2)24-12-10-20-25-21(27-26-20)19-9-6-14-29-19;/h3-9,14,16,18H,10-13,15H2,1-2H3,(H,23,24)(H,25,26,27);1H. The van der Waals surface area contributed by atoms with Crippen LogP contribution in [0.3, 0.4) is 0 Å². The van der Waals surface area contributed by atoms with Gasteiger partial charge in [0.1, 0.15) is 5.82 Å². The lowest BCUT2D eigenvalue weighted by Crippen LogP contribution is -2.48. The number of hydrogen-bond donors (Lipinski definition) is 2. The van der Waals surface area contributed by atoms with E-state index in [1.54, 1.807) is 6.26 Å². The largest absolute Gasteiger partial charge is 0.461 e. The van der Waals surface area contributed by atoms with Gasteiger partial charge in [-0.2, -0.15) is 5.10 Å². The maximum Gasteiger partial charge on any atom is 0.216 e. The lowest BCUT2D eigenvalue weighted by atomic mass is 9.82. The van der Waals surface area contributed by atoms with Crippen molar-refractivity contribution >= 4 is 29.9 Å². The summed E-state index contributed by atoms with van der Waals surface area (Å²) in [6.45, 7) is 5.09. The maximum atomic E-state index is 5.34. The SMILES string of the molecule is CN=C(NCCc1nc(-c2ccco2)n[nH]1)N1CCC(c2ccccc2)C(C)C1.I. The third-order valence-corrected chi connectivity index (χ3v) is 5.56. The van der Waals surface area contributed by atoms with E-state index >= 15 is 0 Å². The van der Waals surface area contributed by atoms with Crippen LogP contribution in [0.5, 0.6) is 0 Å². The predicted molar refractivity (Wildman–Crippen MR) is 129 cm³/mol. The van der Waals surface area contributed by atoms with Crippen LogP contribution in [-0.4, -0.2) is 52.7 Å². The third kappa shape index (κ3) is 5.21. The average Bonchev–Trinajstić information content (AvgIpc) is 3.44. The number of hydrogen-bond acceptors (Lipinski definition) is 4. The minimum atomic E-state index is 0. The van der Waals surface area contributed by atoms with Crippen LogP contribution in [-0.2, 0) is 6.42 Å². The number of aliphatic imine (C=N–C) groups is 1. The van der Waals surface area contributed by atoms with Gasteiger partial charge in [-0.1, -0.05) is 37.3 Å². The van der Waals surface area contributed by atoms with Crippen molar-refractivity contribution in [2.45, 2.75) is 25.7 Å². The first-order chi connectivity index (χ1) is 14.2. The minimum Gasteiger partial charge on any atom is -0.461 e. The molecule has 3 aromatic rings. The Morgan fingerprint density at radius 3 is 2.80 bits per heavy atom. The van der Waals surface area contributed by atoms with Crippen LogP contribution in [0.1, 0.15) is 30.7 Å². The maximum absolute atomic E-state index is 5.34. The fourth-order valence-corrected chi connectivity index (χ4v) is 4.08. The van der Waals surface area contributed by atoms with Gasteiger partial charge in [-0.25, -0.2) is 4.98 Å². The fourth-order valence-electron chi connectivity index (χ4n) is 4.08. The van der Waals surface area contributed by atoms with Crippen LogP contribution in [0.25, 0.3) is 11.6 Å². The molecule has 4 rings (SSSR count). The molecule has 1 fully saturated rings. The molecule has 0 spiro atoms. The van der Waals surface area contributed by atoms with Crippen molar-refractivity contribution in [1.29, 1.82) is 0 Å². The number of nitrogens with one attached hydrogen (secondary N) is 2. The molecule has 1 aromatic carbocycles.